The summed E-state index contributed by atoms with van der Waals surface area (Å²) in [6.07, 6.45) is 13.3. The van der Waals surface area contributed by atoms with Crippen LogP contribution in [0.25, 0.3) is 0 Å². The first-order valence-corrected chi connectivity index (χ1v) is 6.18. The first-order chi connectivity index (χ1) is 6.68. The van der Waals surface area contributed by atoms with Gasteiger partial charge in [-0.2, -0.15) is 4.28 Å². The number of hydrogen-bond donors (Lipinski definition) is 0. The van der Waals surface area contributed by atoms with Gasteiger partial charge in [0, 0.05) is 0 Å². The van der Waals surface area contributed by atoms with E-state index in [1.54, 1.807) is 19.3 Å². The van der Waals surface area contributed by atoms with E-state index in [1.807, 2.05) is 0 Å². The Morgan fingerprint density at radius 3 is 1.20 bits per heavy atom. The molecule has 0 spiro atoms. The van der Waals surface area contributed by atoms with Gasteiger partial charge < -0.3 is 0 Å². The average molecular weight is 220 g/mol. The summed E-state index contributed by atoms with van der Waals surface area (Å²) >= 11 is 0.534. The minimum atomic E-state index is 0. The zero-order valence-corrected chi connectivity index (χ0v) is 10.9. The Labute approximate surface area is 118 Å². The molecule has 0 aliphatic rings. The number of unbranched alkanes of at least 4 members (excludes halogenated alkanes) is 3. The van der Waals surface area contributed by atoms with Crippen molar-refractivity contribution in [2.45, 2.75) is 82.8 Å². The molecule has 0 unspecified atom stereocenters. The Hall–Kier alpha value is 1.13. The van der Waals surface area contributed by atoms with Crippen LogP contribution in [0.2, 0.25) is 4.28 Å². The molecule has 0 nitrogen and oxygen atoms in total. The van der Waals surface area contributed by atoms with Crippen LogP contribution in [0.1, 0.15) is 78.6 Å². The van der Waals surface area contributed by atoms with Crippen LogP contribution < -0.4 is 18.9 Å². The summed E-state index contributed by atoms with van der Waals surface area (Å²) in [6.45, 7) is 7.00. The van der Waals surface area contributed by atoms with Gasteiger partial charge in [-0.15, -0.1) is 0 Å². The zero-order valence-electron chi connectivity index (χ0n) is 10.9. The van der Waals surface area contributed by atoms with Gasteiger partial charge in [-0.25, -0.2) is 0 Å². The number of rotatable bonds is 9. The number of hydrogen-bond acceptors (Lipinski definition) is 0. The van der Waals surface area contributed by atoms with E-state index in [4.69, 9.17) is 0 Å². The fourth-order valence-corrected chi connectivity index (χ4v) is 1.66. The normalized spacial score (nSPS) is 11.4. The molecule has 0 rings (SSSR count). The van der Waals surface area contributed by atoms with Crippen molar-refractivity contribution in [2.24, 2.45) is 0 Å². The molecule has 0 atom stereocenters. The van der Waals surface area contributed by atoms with Crippen LogP contribution in [-0.2, 0) is 0 Å². The van der Waals surface area contributed by atoms with E-state index in [0.29, 0.717) is 16.3 Å². The van der Waals surface area contributed by atoms with Gasteiger partial charge in [0.15, 0.2) is 0 Å². The molecule has 0 aromatic carbocycles. The molecule has 0 heterocycles. The summed E-state index contributed by atoms with van der Waals surface area (Å²) in [7, 11) is 0. The topological polar surface area (TPSA) is 0 Å². The van der Waals surface area contributed by atoms with Crippen LogP contribution in [0.3, 0.4) is 0 Å². The summed E-state index contributed by atoms with van der Waals surface area (Å²) in [4.78, 5) is 0. The third-order valence-corrected chi connectivity index (χ3v) is 2.65. The second kappa shape index (κ2) is 11.6. The van der Waals surface area contributed by atoms with Gasteiger partial charge in [0.25, 0.3) is 0 Å². The smallest absolute Gasteiger partial charge is 0.179 e. The molecule has 0 aromatic rings. The largest absolute Gasteiger partial charge is 1.00 e. The molecule has 0 fully saturated rings. The van der Waals surface area contributed by atoms with E-state index in [-0.39, 0.29) is 18.9 Å². The minimum Gasteiger partial charge on any atom is -0.179 e. The van der Waals surface area contributed by atoms with Crippen LogP contribution >= 0.6 is 0 Å². The molecular weight excluding hydrogens is 190 g/mol. The van der Waals surface area contributed by atoms with Crippen LogP contribution in [0, 0.1) is 0 Å². The monoisotopic (exact) mass is 220 g/mol. The van der Waals surface area contributed by atoms with Crippen molar-refractivity contribution >= 4 is 16.3 Å². The summed E-state index contributed by atoms with van der Waals surface area (Å²) in [5.41, 5.74) is 0. The summed E-state index contributed by atoms with van der Waals surface area (Å²) < 4.78 is 0.905. The van der Waals surface area contributed by atoms with E-state index in [9.17, 15) is 0 Å². The minimum absolute atomic E-state index is 0. The van der Waals surface area contributed by atoms with Crippen molar-refractivity contribution in [3.8, 4) is 0 Å². The Morgan fingerprint density at radius 1 is 0.733 bits per heavy atom. The van der Waals surface area contributed by atoms with Crippen molar-refractivity contribution in [3.63, 3.8) is 0 Å². The van der Waals surface area contributed by atoms with Gasteiger partial charge in [-0.1, -0.05) is 78.6 Å². The molecule has 0 bridgehead atoms. The van der Waals surface area contributed by atoms with Crippen molar-refractivity contribution in [3.05, 3.63) is 0 Å². The Bertz CT molecular complexity index is 104. The molecule has 0 saturated carbocycles. The van der Waals surface area contributed by atoms with Gasteiger partial charge in [-0.3, -0.25) is 0 Å². The molecule has 0 amide bonds. The molecule has 2 heteroatoms. The van der Waals surface area contributed by atoms with E-state index >= 15 is 0 Å². The van der Waals surface area contributed by atoms with Crippen LogP contribution in [-0.4, -0.2) is 16.3 Å². The van der Waals surface area contributed by atoms with Crippen molar-refractivity contribution in [1.29, 1.82) is 0 Å². The molecular formula is C13H30AlLi. The maximum Gasteiger partial charge on any atom is 1.00 e. The van der Waals surface area contributed by atoms with Gasteiger partial charge in [-0.05, 0) is 0 Å². The molecule has 86 valence electrons. The molecule has 0 aliphatic carbocycles. The van der Waals surface area contributed by atoms with Crippen molar-refractivity contribution in [1.82, 2.24) is 0 Å². The third-order valence-electron chi connectivity index (χ3n) is 2.65. The second-order valence-electron chi connectivity index (χ2n) is 4.06. The molecule has 0 saturated heterocycles. The molecule has 0 radical (unpaired) electrons. The standard InChI is InChI=1S/C13H27.Al.Li.3H/c1-4-7-10-13(11-8-5-2)12-9-6-3;;;;;/h4-12H2,1-3H3;;;;;/q;-1;+1;;;. The second-order valence-corrected chi connectivity index (χ2v) is 4.06. The van der Waals surface area contributed by atoms with Crippen LogP contribution in [0.5, 0.6) is 0 Å². The van der Waals surface area contributed by atoms with Crippen molar-refractivity contribution in [2.75, 3.05) is 0 Å². The van der Waals surface area contributed by atoms with Crippen molar-refractivity contribution < 1.29 is 18.9 Å². The fourth-order valence-electron chi connectivity index (χ4n) is 1.66. The maximum absolute atomic E-state index is 2.33. The van der Waals surface area contributed by atoms with E-state index < -0.39 is 0 Å². The Kier molecular flexibility index (Phi) is 14.3. The fraction of sp³-hybridized carbons (Fsp3) is 1.00. The van der Waals surface area contributed by atoms with E-state index in [0.717, 1.165) is 4.28 Å². The first-order valence-electron chi connectivity index (χ1n) is 6.18. The maximum atomic E-state index is 2.33. The quantitative estimate of drug-likeness (QED) is 0.510. The molecule has 15 heavy (non-hydrogen) atoms. The summed E-state index contributed by atoms with van der Waals surface area (Å²) in [5, 5.41) is 0. The Morgan fingerprint density at radius 2 is 1.00 bits per heavy atom. The van der Waals surface area contributed by atoms with E-state index in [1.165, 1.54) is 38.5 Å². The summed E-state index contributed by atoms with van der Waals surface area (Å²) in [5.74, 6) is 0. The predicted molar refractivity (Wildman–Crippen MR) is 71.2 cm³/mol. The first kappa shape index (κ1) is 18.5. The van der Waals surface area contributed by atoms with Gasteiger partial charge in [0.05, 0.1) is 16.3 Å². The molecule has 0 N–H and O–H groups in total. The van der Waals surface area contributed by atoms with Crippen LogP contribution in [0.4, 0.5) is 0 Å². The van der Waals surface area contributed by atoms with Gasteiger partial charge >= 0.3 is 18.9 Å². The van der Waals surface area contributed by atoms with Crippen LogP contribution in [0.15, 0.2) is 0 Å². The molecule has 0 aromatic heterocycles. The molecule has 0 aliphatic heterocycles. The van der Waals surface area contributed by atoms with Gasteiger partial charge in [0.1, 0.15) is 0 Å². The predicted octanol–water partition coefficient (Wildman–Crippen LogP) is 1.09. The van der Waals surface area contributed by atoms with E-state index in [2.05, 4.69) is 20.8 Å². The SMILES string of the molecule is CCCC[C]([AlH3-])(CCCC)CCCC.[Li+]. The van der Waals surface area contributed by atoms with Gasteiger partial charge in [0.2, 0.25) is 0 Å². The zero-order chi connectivity index (χ0) is 10.9. The Balaban J connectivity index is 0. The summed E-state index contributed by atoms with van der Waals surface area (Å²) in [6, 6.07) is 0. The third kappa shape index (κ3) is 10.0. The average Bonchev–Trinajstić information content (AvgIpc) is 2.21.